The van der Waals surface area contributed by atoms with Gasteiger partial charge in [-0.2, -0.15) is 0 Å². The molecule has 1 aromatic heterocycles. The third-order valence-electron chi connectivity index (χ3n) is 4.30. The lowest BCUT2D eigenvalue weighted by Crippen LogP contribution is -2.24. The third kappa shape index (κ3) is 4.30. The molecule has 0 radical (unpaired) electrons. The van der Waals surface area contributed by atoms with Crippen LogP contribution < -0.4 is 20.1 Å². The zero-order valence-corrected chi connectivity index (χ0v) is 15.9. The molecule has 3 aromatic rings. The summed E-state index contributed by atoms with van der Waals surface area (Å²) >= 11 is 5.84. The molecule has 0 bridgehead atoms. The first-order chi connectivity index (χ1) is 14.1. The predicted octanol–water partition coefficient (Wildman–Crippen LogP) is 3.65. The Morgan fingerprint density at radius 1 is 1.00 bits per heavy atom. The number of rotatable bonds is 5. The minimum Gasteiger partial charge on any atom is -0.454 e. The number of halogens is 1. The zero-order chi connectivity index (χ0) is 20.2. The van der Waals surface area contributed by atoms with Gasteiger partial charge in [-0.05, 0) is 42.0 Å². The fraction of sp³-hybridized carbons (Fsp3) is 0.0952. The minimum absolute atomic E-state index is 0.195. The van der Waals surface area contributed by atoms with E-state index in [4.69, 9.17) is 21.1 Å². The fourth-order valence-corrected chi connectivity index (χ4v) is 3.03. The Bertz CT molecular complexity index is 1090. The van der Waals surface area contributed by atoms with E-state index in [-0.39, 0.29) is 23.8 Å². The Hall–Kier alpha value is -3.58. The van der Waals surface area contributed by atoms with Gasteiger partial charge in [-0.15, -0.1) is 0 Å². The number of carbonyl (C=O) groups is 2. The normalized spacial score (nSPS) is 11.8. The third-order valence-corrected chi connectivity index (χ3v) is 4.51. The summed E-state index contributed by atoms with van der Waals surface area (Å²) < 4.78 is 10.6. The van der Waals surface area contributed by atoms with Crippen LogP contribution in [0.1, 0.15) is 26.3 Å². The standard InChI is InChI=1S/C21H16ClN3O4/c22-19-10-14(7-8-23-19)20(26)25-16-4-2-1-3-15(16)21(27)24-11-13-5-6-17-18(9-13)29-12-28-17/h1-10H,11-12H2,(H,24,27)(H,25,26). The maximum Gasteiger partial charge on any atom is 0.255 e. The number of fused-ring (bicyclic) bond motifs is 1. The van der Waals surface area contributed by atoms with E-state index in [1.807, 2.05) is 12.1 Å². The van der Waals surface area contributed by atoms with E-state index in [2.05, 4.69) is 15.6 Å². The van der Waals surface area contributed by atoms with Crippen molar-refractivity contribution in [1.82, 2.24) is 10.3 Å². The molecule has 2 N–H and O–H groups in total. The van der Waals surface area contributed by atoms with Gasteiger partial charge in [0.2, 0.25) is 6.79 Å². The van der Waals surface area contributed by atoms with Crippen molar-refractivity contribution in [3.8, 4) is 11.5 Å². The van der Waals surface area contributed by atoms with Crippen molar-refractivity contribution in [2.24, 2.45) is 0 Å². The molecular weight excluding hydrogens is 394 g/mol. The van der Waals surface area contributed by atoms with Crippen LogP contribution in [0.15, 0.2) is 60.8 Å². The number of hydrogen-bond acceptors (Lipinski definition) is 5. The Balaban J connectivity index is 1.46. The van der Waals surface area contributed by atoms with Crippen molar-refractivity contribution < 1.29 is 19.1 Å². The van der Waals surface area contributed by atoms with Crippen LogP contribution in [0.25, 0.3) is 0 Å². The zero-order valence-electron chi connectivity index (χ0n) is 15.1. The Labute approximate surface area is 171 Å². The Morgan fingerprint density at radius 2 is 1.83 bits per heavy atom. The maximum atomic E-state index is 12.7. The second-order valence-electron chi connectivity index (χ2n) is 6.24. The number of nitrogens with zero attached hydrogens (tertiary/aromatic N) is 1. The highest BCUT2D eigenvalue weighted by Gasteiger charge is 2.16. The van der Waals surface area contributed by atoms with Crippen molar-refractivity contribution >= 4 is 29.1 Å². The summed E-state index contributed by atoms with van der Waals surface area (Å²) in [4.78, 5) is 29.0. The molecule has 7 nitrogen and oxygen atoms in total. The molecule has 0 aliphatic carbocycles. The van der Waals surface area contributed by atoms with Gasteiger partial charge in [0.25, 0.3) is 11.8 Å². The second kappa shape index (κ2) is 8.20. The summed E-state index contributed by atoms with van der Waals surface area (Å²) in [6.07, 6.45) is 1.45. The number of benzene rings is 2. The molecule has 0 saturated carbocycles. The quantitative estimate of drug-likeness (QED) is 0.628. The smallest absolute Gasteiger partial charge is 0.255 e. The van der Waals surface area contributed by atoms with Crippen molar-refractivity contribution in [2.45, 2.75) is 6.54 Å². The van der Waals surface area contributed by atoms with Crippen molar-refractivity contribution in [3.63, 3.8) is 0 Å². The van der Waals surface area contributed by atoms with Crippen LogP contribution in [-0.2, 0) is 6.54 Å². The van der Waals surface area contributed by atoms with E-state index >= 15 is 0 Å². The van der Waals surface area contributed by atoms with Crippen LogP contribution in [-0.4, -0.2) is 23.6 Å². The average Bonchev–Trinajstić information content (AvgIpc) is 3.20. The molecule has 2 amide bonds. The summed E-state index contributed by atoms with van der Waals surface area (Å²) in [7, 11) is 0. The van der Waals surface area contributed by atoms with Crippen LogP contribution in [0.3, 0.4) is 0 Å². The average molecular weight is 410 g/mol. The Kier molecular flexibility index (Phi) is 5.31. The highest BCUT2D eigenvalue weighted by molar-refractivity contribution is 6.29. The van der Waals surface area contributed by atoms with E-state index in [9.17, 15) is 9.59 Å². The number of amides is 2. The first-order valence-corrected chi connectivity index (χ1v) is 9.16. The molecule has 1 aliphatic heterocycles. The number of pyridine rings is 1. The molecule has 0 unspecified atom stereocenters. The predicted molar refractivity (Wildman–Crippen MR) is 107 cm³/mol. The van der Waals surface area contributed by atoms with Crippen LogP contribution in [0.5, 0.6) is 11.5 Å². The molecule has 4 rings (SSSR count). The number of carbonyl (C=O) groups excluding carboxylic acids is 2. The lowest BCUT2D eigenvalue weighted by molar-refractivity contribution is 0.0951. The monoisotopic (exact) mass is 409 g/mol. The summed E-state index contributed by atoms with van der Waals surface area (Å²) in [5.41, 5.74) is 1.96. The van der Waals surface area contributed by atoms with E-state index < -0.39 is 0 Å². The van der Waals surface area contributed by atoms with E-state index in [1.54, 1.807) is 36.4 Å². The number of hydrogen-bond donors (Lipinski definition) is 2. The second-order valence-corrected chi connectivity index (χ2v) is 6.62. The molecule has 0 saturated heterocycles. The first kappa shape index (κ1) is 18.8. The van der Waals surface area contributed by atoms with Crippen molar-refractivity contribution in [1.29, 1.82) is 0 Å². The highest BCUT2D eigenvalue weighted by Crippen LogP contribution is 2.32. The number of aromatic nitrogens is 1. The van der Waals surface area contributed by atoms with Gasteiger partial charge < -0.3 is 20.1 Å². The van der Waals surface area contributed by atoms with Gasteiger partial charge in [-0.1, -0.05) is 29.8 Å². The van der Waals surface area contributed by atoms with Gasteiger partial charge in [-0.25, -0.2) is 4.98 Å². The lowest BCUT2D eigenvalue weighted by atomic mass is 10.1. The van der Waals surface area contributed by atoms with Crippen molar-refractivity contribution in [3.05, 3.63) is 82.6 Å². The number of nitrogens with one attached hydrogen (secondary N) is 2. The molecular formula is C21H16ClN3O4. The van der Waals surface area contributed by atoms with Gasteiger partial charge in [0.15, 0.2) is 11.5 Å². The summed E-state index contributed by atoms with van der Waals surface area (Å²) in [5, 5.41) is 5.81. The van der Waals surface area contributed by atoms with Crippen LogP contribution in [0.4, 0.5) is 5.69 Å². The van der Waals surface area contributed by atoms with Gasteiger partial charge in [0.05, 0.1) is 11.3 Å². The van der Waals surface area contributed by atoms with E-state index in [1.165, 1.54) is 12.3 Å². The molecule has 2 aromatic carbocycles. The topological polar surface area (TPSA) is 89.6 Å². The number of anilines is 1. The highest BCUT2D eigenvalue weighted by atomic mass is 35.5. The first-order valence-electron chi connectivity index (χ1n) is 8.79. The summed E-state index contributed by atoms with van der Waals surface area (Å²) in [6.45, 7) is 0.499. The number of para-hydroxylation sites is 1. The maximum absolute atomic E-state index is 12.7. The molecule has 0 spiro atoms. The van der Waals surface area contributed by atoms with Gasteiger partial charge in [0, 0.05) is 18.3 Å². The molecule has 0 fully saturated rings. The Morgan fingerprint density at radius 3 is 2.69 bits per heavy atom. The largest absolute Gasteiger partial charge is 0.454 e. The summed E-state index contributed by atoms with van der Waals surface area (Å²) in [5.74, 6) is 0.640. The van der Waals surface area contributed by atoms with Crippen LogP contribution in [0, 0.1) is 0 Å². The SMILES string of the molecule is O=C(Nc1ccccc1C(=O)NCc1ccc2c(c1)OCO2)c1ccnc(Cl)c1. The molecule has 1 aliphatic rings. The molecule has 8 heteroatoms. The lowest BCUT2D eigenvalue weighted by Gasteiger charge is -2.12. The van der Waals surface area contributed by atoms with Gasteiger partial charge in [-0.3, -0.25) is 9.59 Å². The number of ether oxygens (including phenoxy) is 2. The fourth-order valence-electron chi connectivity index (χ4n) is 2.86. The molecule has 29 heavy (non-hydrogen) atoms. The molecule has 0 atom stereocenters. The minimum atomic E-state index is -0.384. The molecule has 2 heterocycles. The van der Waals surface area contributed by atoms with Crippen LogP contribution >= 0.6 is 11.6 Å². The van der Waals surface area contributed by atoms with E-state index in [0.29, 0.717) is 34.9 Å². The van der Waals surface area contributed by atoms with Crippen LogP contribution in [0.2, 0.25) is 5.15 Å². The molecule has 146 valence electrons. The summed E-state index contributed by atoms with van der Waals surface area (Å²) in [6, 6.07) is 15.3. The van der Waals surface area contributed by atoms with Gasteiger partial charge >= 0.3 is 0 Å². The van der Waals surface area contributed by atoms with E-state index in [0.717, 1.165) is 5.56 Å². The van der Waals surface area contributed by atoms with Gasteiger partial charge in [0.1, 0.15) is 5.15 Å². The van der Waals surface area contributed by atoms with Crippen molar-refractivity contribution in [2.75, 3.05) is 12.1 Å².